The van der Waals surface area contributed by atoms with Crippen molar-refractivity contribution in [2.75, 3.05) is 6.54 Å². The van der Waals surface area contributed by atoms with Gasteiger partial charge >= 0.3 is 12.0 Å². The highest BCUT2D eigenvalue weighted by Crippen LogP contribution is 2.09. The highest BCUT2D eigenvalue weighted by Gasteiger charge is 2.34. The van der Waals surface area contributed by atoms with Crippen LogP contribution in [0.5, 0.6) is 0 Å². The van der Waals surface area contributed by atoms with Crippen LogP contribution in [0.25, 0.3) is 0 Å². The third-order valence-electron chi connectivity index (χ3n) is 6.76. The van der Waals surface area contributed by atoms with Gasteiger partial charge in [-0.1, -0.05) is 91.0 Å². The zero-order chi connectivity index (χ0) is 33.3. The summed E-state index contributed by atoms with van der Waals surface area (Å²) in [6.45, 7) is 0.0531. The second kappa shape index (κ2) is 18.1. The van der Waals surface area contributed by atoms with Gasteiger partial charge in [-0.25, -0.2) is 9.59 Å². The Morgan fingerprint density at radius 2 is 1.17 bits per heavy atom. The summed E-state index contributed by atoms with van der Waals surface area (Å²) in [5.74, 6) is -3.15. The van der Waals surface area contributed by atoms with Gasteiger partial charge in [0.15, 0.2) is 12.0 Å². The van der Waals surface area contributed by atoms with Gasteiger partial charge in [0.2, 0.25) is 11.8 Å². The van der Waals surface area contributed by atoms with Crippen LogP contribution in [-0.2, 0) is 38.6 Å². The van der Waals surface area contributed by atoms with Crippen LogP contribution >= 0.6 is 0 Å². The summed E-state index contributed by atoms with van der Waals surface area (Å²) in [6.07, 6.45) is -0.754. The summed E-state index contributed by atoms with van der Waals surface area (Å²) in [6, 6.07) is 22.7. The van der Waals surface area contributed by atoms with Crippen molar-refractivity contribution >= 4 is 29.8 Å². The van der Waals surface area contributed by atoms with Gasteiger partial charge in [0.05, 0.1) is 0 Å². The number of amides is 4. The van der Waals surface area contributed by atoms with Crippen LogP contribution in [-0.4, -0.2) is 59.4 Å². The highest BCUT2D eigenvalue weighted by atomic mass is 16.6. The molecule has 3 rings (SSSR count). The van der Waals surface area contributed by atoms with Gasteiger partial charge in [-0.15, -0.1) is 0 Å². The number of alkyl carbamates (subject to hydrolysis) is 1. The minimum absolute atomic E-state index is 0.0116. The molecule has 0 saturated heterocycles. The Labute approximate surface area is 265 Å². The molecule has 3 aromatic rings. The van der Waals surface area contributed by atoms with Crippen LogP contribution in [0.15, 0.2) is 96.0 Å². The number of carbonyl (C=O) groups is 4. The summed E-state index contributed by atoms with van der Waals surface area (Å²) < 4.78 is 5.32. The number of hydrogen-bond donors (Lipinski definition) is 5. The second-order valence-corrected chi connectivity index (χ2v) is 10.3. The summed E-state index contributed by atoms with van der Waals surface area (Å²) in [5.41, 5.74) is 12.8. The molecule has 0 unspecified atom stereocenters. The number of nitrogens with zero attached hydrogens (tertiary/aromatic N) is 2. The maximum absolute atomic E-state index is 13.7. The smallest absolute Gasteiger partial charge is 0.445 e. The molecule has 14 heteroatoms. The largest absolute Gasteiger partial charge is 0.466 e. The van der Waals surface area contributed by atoms with Gasteiger partial charge in [-0.05, 0) is 29.5 Å². The minimum Gasteiger partial charge on any atom is -0.445 e. The van der Waals surface area contributed by atoms with E-state index in [2.05, 4.69) is 20.9 Å². The Morgan fingerprint density at radius 1 is 0.717 bits per heavy atom. The van der Waals surface area contributed by atoms with Gasteiger partial charge in [0.1, 0.15) is 23.6 Å². The van der Waals surface area contributed by atoms with E-state index >= 15 is 0 Å². The molecule has 0 aliphatic heterocycles. The first-order valence-electron chi connectivity index (χ1n) is 14.5. The zero-order valence-corrected chi connectivity index (χ0v) is 25.0. The minimum atomic E-state index is -1.50. The molecular weight excluding hydrogens is 594 g/mol. The highest BCUT2D eigenvalue weighted by molar-refractivity contribution is 5.93. The standard InChI is InChI=1S/C32H37N7O7/c33-31(34)35-18-10-17-25(30(42)39(44)45)36-28(40)26(19-22-11-4-1-5-12-22)37-29(41)27(20-23-13-6-2-7-14-23)38-32(43)46-21-24-15-8-3-9-16-24/h1-9,11-16,25-27H,10,17-21H2,(H,36,40)(H,37,41)(H,38,43)(H4,33,34,35)/t25-,26-,27+/m0/s1. The van der Waals surface area contributed by atoms with Crippen LogP contribution in [0, 0.1) is 10.1 Å². The molecule has 0 saturated carbocycles. The van der Waals surface area contributed by atoms with Crippen molar-refractivity contribution in [2.24, 2.45) is 16.5 Å². The first-order valence-corrected chi connectivity index (χ1v) is 14.5. The quantitative estimate of drug-likeness (QED) is 0.0508. The molecule has 0 aliphatic rings. The first-order chi connectivity index (χ1) is 22.1. The number of hydrogen-bond acceptors (Lipinski definition) is 8. The molecule has 0 aliphatic carbocycles. The average Bonchev–Trinajstić information content (AvgIpc) is 3.05. The lowest BCUT2D eigenvalue weighted by atomic mass is 10.0. The molecule has 0 heterocycles. The van der Waals surface area contributed by atoms with Crippen molar-refractivity contribution < 1.29 is 28.8 Å². The summed E-state index contributed by atoms with van der Waals surface area (Å²) >= 11 is 0. The maximum atomic E-state index is 13.7. The zero-order valence-electron chi connectivity index (χ0n) is 25.0. The molecule has 3 aromatic carbocycles. The fourth-order valence-corrected chi connectivity index (χ4v) is 4.46. The molecule has 7 N–H and O–H groups in total. The fraction of sp³-hybridized carbons (Fsp3) is 0.281. The number of rotatable bonds is 16. The third-order valence-corrected chi connectivity index (χ3v) is 6.76. The van der Waals surface area contributed by atoms with Gasteiger partial charge in [0, 0.05) is 19.4 Å². The molecule has 0 radical (unpaired) electrons. The van der Waals surface area contributed by atoms with Crippen molar-refractivity contribution in [1.82, 2.24) is 16.0 Å². The van der Waals surface area contributed by atoms with E-state index < -0.39 is 46.9 Å². The van der Waals surface area contributed by atoms with E-state index in [9.17, 15) is 29.3 Å². The van der Waals surface area contributed by atoms with Gasteiger partial charge in [-0.3, -0.25) is 24.7 Å². The second-order valence-electron chi connectivity index (χ2n) is 10.3. The van der Waals surface area contributed by atoms with Crippen molar-refractivity contribution in [1.29, 1.82) is 0 Å². The van der Waals surface area contributed by atoms with Crippen molar-refractivity contribution in [2.45, 2.75) is 50.4 Å². The monoisotopic (exact) mass is 631 g/mol. The average molecular weight is 632 g/mol. The number of nitrogens with two attached hydrogens (primary N) is 2. The number of guanidine groups is 1. The lowest BCUT2D eigenvalue weighted by molar-refractivity contribution is -0.404. The van der Waals surface area contributed by atoms with E-state index in [0.29, 0.717) is 5.56 Å². The predicted octanol–water partition coefficient (Wildman–Crippen LogP) is 1.59. The number of nitrogens with one attached hydrogen (secondary N) is 3. The molecular formula is C32H37N7O7. The maximum Gasteiger partial charge on any atom is 0.466 e. The van der Waals surface area contributed by atoms with Gasteiger partial charge in [-0.2, -0.15) is 0 Å². The van der Waals surface area contributed by atoms with E-state index in [1.807, 2.05) is 6.07 Å². The topological polar surface area (TPSA) is 221 Å². The molecule has 0 spiro atoms. The number of ether oxygens (including phenoxy) is 1. The fourth-order valence-electron chi connectivity index (χ4n) is 4.46. The molecule has 4 amide bonds. The molecule has 14 nitrogen and oxygen atoms in total. The number of benzene rings is 3. The van der Waals surface area contributed by atoms with Crippen molar-refractivity contribution in [3.63, 3.8) is 0 Å². The van der Waals surface area contributed by atoms with Crippen molar-refractivity contribution in [3.8, 4) is 0 Å². The Balaban J connectivity index is 1.80. The number of aliphatic imine (C=N–C) groups is 1. The SMILES string of the molecule is NC(N)=NCCC[C@H](NC(=O)[C@H](Cc1ccccc1)NC(=O)[C@@H](Cc1ccccc1)NC(=O)OCc1ccccc1)C(=O)[N+](=O)[O-]. The Kier molecular flexibility index (Phi) is 13.7. The summed E-state index contributed by atoms with van der Waals surface area (Å²) in [4.78, 5) is 66.4. The van der Waals surface area contributed by atoms with Crippen LogP contribution < -0.4 is 27.4 Å². The number of nitro groups is 1. The Bertz CT molecular complexity index is 1480. The predicted molar refractivity (Wildman–Crippen MR) is 170 cm³/mol. The summed E-state index contributed by atoms with van der Waals surface area (Å²) in [7, 11) is 0. The lowest BCUT2D eigenvalue weighted by Crippen LogP contribution is -2.57. The van der Waals surface area contributed by atoms with Crippen molar-refractivity contribution in [3.05, 3.63) is 118 Å². The Morgan fingerprint density at radius 3 is 1.65 bits per heavy atom. The van der Waals surface area contributed by atoms with E-state index in [1.165, 1.54) is 0 Å². The number of carbonyl (C=O) groups excluding carboxylic acids is 4. The van der Waals surface area contributed by atoms with Crippen LogP contribution in [0.3, 0.4) is 0 Å². The molecule has 0 fully saturated rings. The van der Waals surface area contributed by atoms with E-state index in [-0.39, 0.29) is 44.8 Å². The van der Waals surface area contributed by atoms with Crippen LogP contribution in [0.2, 0.25) is 0 Å². The van der Waals surface area contributed by atoms with E-state index in [0.717, 1.165) is 11.1 Å². The molecule has 0 bridgehead atoms. The van der Waals surface area contributed by atoms with E-state index in [1.54, 1.807) is 84.9 Å². The molecule has 242 valence electrons. The summed E-state index contributed by atoms with van der Waals surface area (Å²) in [5, 5.41) is 19.0. The third kappa shape index (κ3) is 12.1. The van der Waals surface area contributed by atoms with Crippen LogP contribution in [0.4, 0.5) is 4.79 Å². The van der Waals surface area contributed by atoms with Gasteiger partial charge < -0.3 is 32.2 Å². The van der Waals surface area contributed by atoms with E-state index in [4.69, 9.17) is 16.2 Å². The van der Waals surface area contributed by atoms with Gasteiger partial charge in [0.25, 0.3) is 0 Å². The lowest BCUT2D eigenvalue weighted by Gasteiger charge is -2.24. The first kappa shape index (κ1) is 34.7. The molecule has 46 heavy (non-hydrogen) atoms. The van der Waals surface area contributed by atoms with Crippen LogP contribution in [0.1, 0.15) is 29.5 Å². The normalized spacial score (nSPS) is 12.4. The molecule has 3 atom stereocenters. The molecule has 0 aromatic heterocycles. The Hall–Kier alpha value is -5.79.